The smallest absolute Gasteiger partial charge is 0.255 e. The summed E-state index contributed by atoms with van der Waals surface area (Å²) in [6.45, 7) is 4.57. The Labute approximate surface area is 121 Å². The first-order chi connectivity index (χ1) is 8.87. The topological polar surface area (TPSA) is 49.3 Å². The van der Waals surface area contributed by atoms with Gasteiger partial charge in [0.05, 0.1) is 5.56 Å². The number of carbonyl (C=O) groups excluding carboxylic acids is 1. The maximum absolute atomic E-state index is 13.6. The van der Waals surface area contributed by atoms with E-state index in [1.165, 1.54) is 6.07 Å². The van der Waals surface area contributed by atoms with Crippen LogP contribution in [0.2, 0.25) is 0 Å². The third kappa shape index (κ3) is 4.91. The fourth-order valence-corrected chi connectivity index (χ4v) is 2.29. The van der Waals surface area contributed by atoms with E-state index < -0.39 is 11.7 Å². The van der Waals surface area contributed by atoms with Gasteiger partial charge in [-0.2, -0.15) is 0 Å². The molecule has 0 aliphatic rings. The second-order valence-electron chi connectivity index (χ2n) is 5.27. The number of rotatable bonds is 6. The molecule has 0 fully saturated rings. The zero-order chi connectivity index (χ0) is 14.5. The van der Waals surface area contributed by atoms with Crippen LogP contribution in [0.3, 0.4) is 0 Å². The zero-order valence-corrected chi connectivity index (χ0v) is 12.8. The van der Waals surface area contributed by atoms with Gasteiger partial charge in [-0.15, -0.1) is 0 Å². The molecule has 106 valence electrons. The van der Waals surface area contributed by atoms with Crippen LogP contribution in [0.4, 0.5) is 4.39 Å². The van der Waals surface area contributed by atoms with Crippen LogP contribution in [0.1, 0.15) is 37.0 Å². The summed E-state index contributed by atoms with van der Waals surface area (Å²) in [5, 5.41) is 11.6. The van der Waals surface area contributed by atoms with Crippen LogP contribution >= 0.6 is 15.9 Å². The van der Waals surface area contributed by atoms with E-state index in [4.69, 9.17) is 5.11 Å². The van der Waals surface area contributed by atoms with Gasteiger partial charge < -0.3 is 10.4 Å². The molecular formula is C14H19BrFNO2. The molecule has 0 spiro atoms. The molecule has 1 amide bonds. The lowest BCUT2D eigenvalue weighted by atomic mass is 9.88. The number of carbonyl (C=O) groups is 1. The van der Waals surface area contributed by atoms with Crippen molar-refractivity contribution in [1.29, 1.82) is 0 Å². The van der Waals surface area contributed by atoms with Gasteiger partial charge in [0.1, 0.15) is 5.82 Å². The first-order valence-corrected chi connectivity index (χ1v) is 7.00. The van der Waals surface area contributed by atoms with Crippen molar-refractivity contribution in [3.05, 3.63) is 34.1 Å². The molecule has 0 saturated heterocycles. The highest BCUT2D eigenvalue weighted by atomic mass is 79.9. The number of nitrogens with one attached hydrogen (secondary N) is 1. The third-order valence-electron chi connectivity index (χ3n) is 2.93. The molecule has 19 heavy (non-hydrogen) atoms. The molecule has 0 radical (unpaired) electrons. The van der Waals surface area contributed by atoms with Crippen LogP contribution < -0.4 is 5.32 Å². The SMILES string of the molecule is CC(C)(CCCO)CNC(=O)c1c(F)cccc1Br. The molecule has 1 aromatic rings. The van der Waals surface area contributed by atoms with E-state index in [0.717, 1.165) is 6.42 Å². The lowest BCUT2D eigenvalue weighted by molar-refractivity contribution is 0.0928. The van der Waals surface area contributed by atoms with Crippen molar-refractivity contribution in [2.45, 2.75) is 26.7 Å². The van der Waals surface area contributed by atoms with Crippen molar-refractivity contribution in [3.8, 4) is 0 Å². The van der Waals surface area contributed by atoms with Crippen molar-refractivity contribution in [2.75, 3.05) is 13.2 Å². The Kier molecular flexibility index (Phi) is 5.94. The van der Waals surface area contributed by atoms with Crippen molar-refractivity contribution < 1.29 is 14.3 Å². The van der Waals surface area contributed by atoms with Gasteiger partial charge in [-0.1, -0.05) is 19.9 Å². The van der Waals surface area contributed by atoms with Crippen molar-refractivity contribution in [3.63, 3.8) is 0 Å². The van der Waals surface area contributed by atoms with Gasteiger partial charge in [-0.25, -0.2) is 4.39 Å². The van der Waals surface area contributed by atoms with Gasteiger partial charge in [0.15, 0.2) is 0 Å². The Morgan fingerprint density at radius 1 is 1.47 bits per heavy atom. The molecule has 2 N–H and O–H groups in total. The van der Waals surface area contributed by atoms with Crippen molar-refractivity contribution >= 4 is 21.8 Å². The predicted molar refractivity (Wildman–Crippen MR) is 76.5 cm³/mol. The molecule has 5 heteroatoms. The monoisotopic (exact) mass is 331 g/mol. The summed E-state index contributed by atoms with van der Waals surface area (Å²) in [6, 6.07) is 4.44. The second-order valence-corrected chi connectivity index (χ2v) is 6.13. The molecule has 0 aromatic heterocycles. The summed E-state index contributed by atoms with van der Waals surface area (Å²) in [7, 11) is 0. The van der Waals surface area contributed by atoms with Crippen LogP contribution in [0.15, 0.2) is 22.7 Å². The summed E-state index contributed by atoms with van der Waals surface area (Å²) in [6.07, 6.45) is 1.48. The molecule has 1 aromatic carbocycles. The average Bonchev–Trinajstić information content (AvgIpc) is 2.34. The lowest BCUT2D eigenvalue weighted by Gasteiger charge is -2.24. The minimum atomic E-state index is -0.542. The average molecular weight is 332 g/mol. The second kappa shape index (κ2) is 7.01. The molecule has 0 heterocycles. The predicted octanol–water partition coefficient (Wildman–Crippen LogP) is 3.12. The molecule has 0 saturated carbocycles. The Morgan fingerprint density at radius 3 is 2.74 bits per heavy atom. The van der Waals surface area contributed by atoms with Crippen molar-refractivity contribution in [2.24, 2.45) is 5.41 Å². The first-order valence-electron chi connectivity index (χ1n) is 6.20. The normalized spacial score (nSPS) is 11.4. The Balaban J connectivity index is 2.66. The molecule has 0 atom stereocenters. The fraction of sp³-hybridized carbons (Fsp3) is 0.500. The van der Waals surface area contributed by atoms with Crippen LogP contribution in [0, 0.1) is 11.2 Å². The van der Waals surface area contributed by atoms with Gasteiger partial charge in [0.2, 0.25) is 0 Å². The van der Waals surface area contributed by atoms with E-state index in [2.05, 4.69) is 21.2 Å². The molecule has 0 bridgehead atoms. The highest BCUT2D eigenvalue weighted by Gasteiger charge is 2.21. The standard InChI is InChI=1S/C14H19BrFNO2/c1-14(2,7-4-8-18)9-17-13(19)12-10(15)5-3-6-11(12)16/h3,5-6,18H,4,7-9H2,1-2H3,(H,17,19). The van der Waals surface area contributed by atoms with Crippen LogP contribution in [0.25, 0.3) is 0 Å². The van der Waals surface area contributed by atoms with Gasteiger partial charge in [0.25, 0.3) is 5.91 Å². The quantitative estimate of drug-likeness (QED) is 0.841. The summed E-state index contributed by atoms with van der Waals surface area (Å²) in [4.78, 5) is 12.0. The summed E-state index contributed by atoms with van der Waals surface area (Å²) in [5.74, 6) is -0.970. The molecule has 3 nitrogen and oxygen atoms in total. The summed E-state index contributed by atoms with van der Waals surface area (Å²) in [5.41, 5.74) is -0.101. The third-order valence-corrected chi connectivity index (χ3v) is 3.59. The van der Waals surface area contributed by atoms with Gasteiger partial charge in [-0.05, 0) is 46.3 Å². The van der Waals surface area contributed by atoms with E-state index in [0.29, 0.717) is 17.4 Å². The zero-order valence-electron chi connectivity index (χ0n) is 11.2. The van der Waals surface area contributed by atoms with E-state index >= 15 is 0 Å². The van der Waals surface area contributed by atoms with Crippen LogP contribution in [0.5, 0.6) is 0 Å². The summed E-state index contributed by atoms with van der Waals surface area (Å²) < 4.78 is 14.0. The van der Waals surface area contributed by atoms with E-state index in [1.807, 2.05) is 13.8 Å². The first kappa shape index (κ1) is 16.1. The van der Waals surface area contributed by atoms with Gasteiger partial charge >= 0.3 is 0 Å². The van der Waals surface area contributed by atoms with E-state index in [-0.39, 0.29) is 17.6 Å². The molecule has 0 aliphatic carbocycles. The number of aliphatic hydroxyl groups is 1. The van der Waals surface area contributed by atoms with Gasteiger partial charge in [-0.3, -0.25) is 4.79 Å². The fourth-order valence-electron chi connectivity index (χ4n) is 1.77. The maximum Gasteiger partial charge on any atom is 0.255 e. The number of halogens is 2. The van der Waals surface area contributed by atoms with Crippen LogP contribution in [-0.4, -0.2) is 24.2 Å². The molecule has 0 unspecified atom stereocenters. The highest BCUT2D eigenvalue weighted by Crippen LogP contribution is 2.22. The number of amides is 1. The van der Waals surface area contributed by atoms with Crippen molar-refractivity contribution in [1.82, 2.24) is 5.32 Å². The highest BCUT2D eigenvalue weighted by molar-refractivity contribution is 9.10. The number of hydrogen-bond donors (Lipinski definition) is 2. The Morgan fingerprint density at radius 2 is 2.16 bits per heavy atom. The van der Waals surface area contributed by atoms with E-state index in [1.54, 1.807) is 12.1 Å². The molecular weight excluding hydrogens is 313 g/mol. The maximum atomic E-state index is 13.6. The van der Waals surface area contributed by atoms with Crippen LogP contribution in [-0.2, 0) is 0 Å². The molecule has 0 aliphatic heterocycles. The van der Waals surface area contributed by atoms with E-state index in [9.17, 15) is 9.18 Å². The Bertz CT molecular complexity index is 429. The number of hydrogen-bond acceptors (Lipinski definition) is 2. The number of benzene rings is 1. The lowest BCUT2D eigenvalue weighted by Crippen LogP contribution is -2.34. The summed E-state index contributed by atoms with van der Waals surface area (Å²) >= 11 is 3.18. The van der Waals surface area contributed by atoms with Gasteiger partial charge in [0, 0.05) is 17.6 Å². The molecule has 1 rings (SSSR count). The minimum Gasteiger partial charge on any atom is -0.396 e. The largest absolute Gasteiger partial charge is 0.396 e. The minimum absolute atomic E-state index is 0.0282. The Hall–Kier alpha value is -0.940. The number of aliphatic hydroxyl groups excluding tert-OH is 1.